The standard InChI is InChI=1S/C46H32N2/c1-2-13-33(14-3-1)34-25-29-37(30-26-34)47(38-31-27-36(28-32-38)40-20-12-16-35-15-4-5-17-39(35)40)45-23-10-11-24-46(45)48-43-21-8-6-18-41(43)42-19-7-9-22-44(42)48/h1-32H. The Hall–Kier alpha value is -6.38. The number of anilines is 3. The molecular formula is C46H32N2. The number of hydrogen-bond acceptors (Lipinski definition) is 1. The summed E-state index contributed by atoms with van der Waals surface area (Å²) in [6, 6.07) is 69.9. The lowest BCUT2D eigenvalue weighted by atomic mass is 9.98. The number of benzene rings is 8. The largest absolute Gasteiger partial charge is 0.308 e. The fourth-order valence-corrected chi connectivity index (χ4v) is 7.15. The lowest BCUT2D eigenvalue weighted by Gasteiger charge is -2.28. The number of hydrogen-bond donors (Lipinski definition) is 0. The summed E-state index contributed by atoms with van der Waals surface area (Å²) in [5.74, 6) is 0. The molecule has 0 radical (unpaired) electrons. The van der Waals surface area contributed by atoms with E-state index in [4.69, 9.17) is 0 Å². The van der Waals surface area contributed by atoms with Crippen molar-refractivity contribution < 1.29 is 0 Å². The van der Waals surface area contributed by atoms with Gasteiger partial charge in [0.15, 0.2) is 0 Å². The smallest absolute Gasteiger partial charge is 0.0702 e. The summed E-state index contributed by atoms with van der Waals surface area (Å²) in [5, 5.41) is 5.01. The first-order chi connectivity index (χ1) is 23.8. The normalized spacial score (nSPS) is 11.3. The topological polar surface area (TPSA) is 8.17 Å². The molecule has 0 fully saturated rings. The van der Waals surface area contributed by atoms with Crippen LogP contribution in [0.25, 0.3) is 60.5 Å². The maximum absolute atomic E-state index is 2.41. The van der Waals surface area contributed by atoms with E-state index in [2.05, 4.69) is 204 Å². The second kappa shape index (κ2) is 11.8. The molecule has 1 aromatic heterocycles. The Labute approximate surface area is 280 Å². The highest BCUT2D eigenvalue weighted by Gasteiger charge is 2.20. The molecule has 9 aromatic rings. The average Bonchev–Trinajstić information content (AvgIpc) is 3.50. The first kappa shape index (κ1) is 27.9. The van der Waals surface area contributed by atoms with Gasteiger partial charge in [0.05, 0.1) is 22.4 Å². The fourth-order valence-electron chi connectivity index (χ4n) is 7.15. The number of fused-ring (bicyclic) bond motifs is 4. The second-order valence-electron chi connectivity index (χ2n) is 12.2. The number of nitrogens with zero attached hydrogens (tertiary/aromatic N) is 2. The Bertz CT molecular complexity index is 2480. The van der Waals surface area contributed by atoms with Gasteiger partial charge in [-0.2, -0.15) is 0 Å². The number of rotatable bonds is 6. The van der Waals surface area contributed by atoms with E-state index in [1.807, 2.05) is 0 Å². The van der Waals surface area contributed by atoms with E-state index in [1.54, 1.807) is 0 Å². The molecule has 0 saturated heterocycles. The van der Waals surface area contributed by atoms with E-state index in [9.17, 15) is 0 Å². The SMILES string of the molecule is c1ccc(-c2ccc(N(c3ccc(-c4cccc5ccccc45)cc3)c3ccccc3-n3c4ccccc4c4ccccc43)cc2)cc1. The average molecular weight is 613 g/mol. The van der Waals surface area contributed by atoms with Crippen LogP contribution in [0, 0.1) is 0 Å². The van der Waals surface area contributed by atoms with Gasteiger partial charge in [-0.15, -0.1) is 0 Å². The third-order valence-corrected chi connectivity index (χ3v) is 9.40. The highest BCUT2D eigenvalue weighted by atomic mass is 15.2. The Kier molecular flexibility index (Phi) is 6.84. The molecule has 2 heteroatoms. The van der Waals surface area contributed by atoms with Crippen LogP contribution >= 0.6 is 0 Å². The third-order valence-electron chi connectivity index (χ3n) is 9.40. The summed E-state index contributed by atoms with van der Waals surface area (Å²) in [7, 11) is 0. The van der Waals surface area contributed by atoms with Crippen LogP contribution in [0.1, 0.15) is 0 Å². The minimum Gasteiger partial charge on any atom is -0.308 e. The maximum atomic E-state index is 2.41. The maximum Gasteiger partial charge on any atom is 0.0702 e. The molecule has 0 amide bonds. The van der Waals surface area contributed by atoms with Crippen LogP contribution in [0.15, 0.2) is 194 Å². The summed E-state index contributed by atoms with van der Waals surface area (Å²) in [6.45, 7) is 0. The highest BCUT2D eigenvalue weighted by molar-refractivity contribution is 6.10. The van der Waals surface area contributed by atoms with E-state index in [0.717, 1.165) is 22.7 Å². The van der Waals surface area contributed by atoms with Crippen molar-refractivity contribution in [1.29, 1.82) is 0 Å². The fraction of sp³-hybridized carbons (Fsp3) is 0. The summed E-state index contributed by atoms with van der Waals surface area (Å²) in [4.78, 5) is 2.39. The lowest BCUT2D eigenvalue weighted by Crippen LogP contribution is -2.13. The van der Waals surface area contributed by atoms with Crippen molar-refractivity contribution in [2.45, 2.75) is 0 Å². The molecule has 1 heterocycles. The molecule has 0 bridgehead atoms. The Morgan fingerprint density at radius 3 is 1.52 bits per heavy atom. The molecule has 0 aliphatic rings. The van der Waals surface area contributed by atoms with Crippen LogP contribution in [-0.2, 0) is 0 Å². The molecule has 0 N–H and O–H groups in total. The molecule has 0 aliphatic carbocycles. The summed E-state index contributed by atoms with van der Waals surface area (Å²) in [5.41, 5.74) is 11.7. The van der Waals surface area contributed by atoms with Crippen LogP contribution in [0.3, 0.4) is 0 Å². The van der Waals surface area contributed by atoms with Gasteiger partial charge in [-0.1, -0.05) is 146 Å². The van der Waals surface area contributed by atoms with Crippen molar-refractivity contribution in [3.8, 4) is 27.9 Å². The molecule has 0 spiro atoms. The third kappa shape index (κ3) is 4.74. The zero-order valence-corrected chi connectivity index (χ0v) is 26.4. The second-order valence-corrected chi connectivity index (χ2v) is 12.2. The van der Waals surface area contributed by atoms with Gasteiger partial charge in [0.1, 0.15) is 0 Å². The zero-order chi connectivity index (χ0) is 31.9. The predicted octanol–water partition coefficient (Wildman–Crippen LogP) is 12.7. The summed E-state index contributed by atoms with van der Waals surface area (Å²) >= 11 is 0. The van der Waals surface area contributed by atoms with E-state index in [-0.39, 0.29) is 0 Å². The van der Waals surface area contributed by atoms with Gasteiger partial charge in [0, 0.05) is 22.1 Å². The van der Waals surface area contributed by atoms with Crippen LogP contribution in [-0.4, -0.2) is 4.57 Å². The first-order valence-corrected chi connectivity index (χ1v) is 16.4. The van der Waals surface area contributed by atoms with E-state index >= 15 is 0 Å². The monoisotopic (exact) mass is 612 g/mol. The molecule has 8 aromatic carbocycles. The number of para-hydroxylation sites is 4. The molecule has 0 aliphatic heterocycles. The van der Waals surface area contributed by atoms with Gasteiger partial charge in [-0.25, -0.2) is 0 Å². The first-order valence-electron chi connectivity index (χ1n) is 16.4. The van der Waals surface area contributed by atoms with E-state index in [0.29, 0.717) is 0 Å². The van der Waals surface area contributed by atoms with Gasteiger partial charge in [-0.05, 0) is 81.6 Å². The molecule has 226 valence electrons. The van der Waals surface area contributed by atoms with Crippen molar-refractivity contribution in [2.75, 3.05) is 4.90 Å². The van der Waals surface area contributed by atoms with Gasteiger partial charge in [0.25, 0.3) is 0 Å². The summed E-state index contributed by atoms with van der Waals surface area (Å²) < 4.78 is 2.41. The van der Waals surface area contributed by atoms with Crippen molar-refractivity contribution in [3.63, 3.8) is 0 Å². The van der Waals surface area contributed by atoms with Crippen LogP contribution in [0.2, 0.25) is 0 Å². The molecule has 0 saturated carbocycles. The van der Waals surface area contributed by atoms with Crippen LogP contribution < -0.4 is 4.90 Å². The van der Waals surface area contributed by atoms with Gasteiger partial charge < -0.3 is 9.47 Å². The zero-order valence-electron chi connectivity index (χ0n) is 26.4. The molecule has 9 rings (SSSR count). The van der Waals surface area contributed by atoms with Crippen LogP contribution in [0.4, 0.5) is 17.1 Å². The predicted molar refractivity (Wildman–Crippen MR) is 204 cm³/mol. The summed E-state index contributed by atoms with van der Waals surface area (Å²) in [6.07, 6.45) is 0. The molecule has 2 nitrogen and oxygen atoms in total. The van der Waals surface area contributed by atoms with E-state index < -0.39 is 0 Å². The van der Waals surface area contributed by atoms with Crippen molar-refractivity contribution in [2.24, 2.45) is 0 Å². The Morgan fingerprint density at radius 2 is 0.833 bits per heavy atom. The minimum atomic E-state index is 1.10. The van der Waals surface area contributed by atoms with Crippen molar-refractivity contribution >= 4 is 49.6 Å². The molecule has 48 heavy (non-hydrogen) atoms. The Morgan fingerprint density at radius 1 is 0.333 bits per heavy atom. The van der Waals surface area contributed by atoms with Crippen molar-refractivity contribution in [3.05, 3.63) is 194 Å². The highest BCUT2D eigenvalue weighted by Crippen LogP contribution is 2.42. The quantitative estimate of drug-likeness (QED) is 0.181. The Balaban J connectivity index is 1.24. The van der Waals surface area contributed by atoms with Gasteiger partial charge in [-0.3, -0.25) is 0 Å². The lowest BCUT2D eigenvalue weighted by molar-refractivity contribution is 1.15. The van der Waals surface area contributed by atoms with Crippen molar-refractivity contribution in [1.82, 2.24) is 4.57 Å². The number of aromatic nitrogens is 1. The van der Waals surface area contributed by atoms with Crippen LogP contribution in [0.5, 0.6) is 0 Å². The van der Waals surface area contributed by atoms with E-state index in [1.165, 1.54) is 54.8 Å². The molecular weight excluding hydrogens is 581 g/mol. The van der Waals surface area contributed by atoms with Gasteiger partial charge >= 0.3 is 0 Å². The molecule has 0 unspecified atom stereocenters. The van der Waals surface area contributed by atoms with Gasteiger partial charge in [0.2, 0.25) is 0 Å². The molecule has 0 atom stereocenters. The minimum absolute atomic E-state index is 1.10.